The lowest BCUT2D eigenvalue weighted by Gasteiger charge is -2.07. The predicted octanol–water partition coefficient (Wildman–Crippen LogP) is 3.32. The largest absolute Gasteiger partial charge is 0.259 e. The van der Waals surface area contributed by atoms with Gasteiger partial charge in [-0.25, -0.2) is 0 Å². The van der Waals surface area contributed by atoms with Crippen LogP contribution in [-0.2, 0) is 22.3 Å². The van der Waals surface area contributed by atoms with E-state index in [0.717, 1.165) is 16.7 Å². The lowest BCUT2D eigenvalue weighted by molar-refractivity contribution is 0.682. The second-order valence-corrected chi connectivity index (χ2v) is 5.88. The van der Waals surface area contributed by atoms with Crippen molar-refractivity contribution < 1.29 is 4.21 Å². The first kappa shape index (κ1) is 13.5. The van der Waals surface area contributed by atoms with E-state index in [1.54, 1.807) is 6.07 Å². The maximum Gasteiger partial charge on any atom is 0.0994 e. The van der Waals surface area contributed by atoms with Gasteiger partial charge in [-0.3, -0.25) is 4.21 Å². The molecule has 0 radical (unpaired) electrons. The Labute approximate surface area is 116 Å². The highest BCUT2D eigenvalue weighted by atomic mass is 32.2. The van der Waals surface area contributed by atoms with Crippen molar-refractivity contribution in [1.82, 2.24) is 0 Å². The van der Waals surface area contributed by atoms with E-state index in [1.165, 1.54) is 0 Å². The summed E-state index contributed by atoms with van der Waals surface area (Å²) in [7, 11) is -0.995. The Kier molecular flexibility index (Phi) is 4.48. The molecule has 0 fully saturated rings. The van der Waals surface area contributed by atoms with Crippen molar-refractivity contribution in [2.45, 2.75) is 18.4 Å². The third-order valence-electron chi connectivity index (χ3n) is 3.03. The number of nitriles is 1. The third-order valence-corrected chi connectivity index (χ3v) is 4.30. The summed E-state index contributed by atoms with van der Waals surface area (Å²) in [6.45, 7) is 2.02. The maximum absolute atomic E-state index is 12.2. The van der Waals surface area contributed by atoms with Crippen molar-refractivity contribution in [2.75, 3.05) is 0 Å². The predicted molar refractivity (Wildman–Crippen MR) is 77.9 cm³/mol. The summed E-state index contributed by atoms with van der Waals surface area (Å²) in [6.07, 6.45) is 0. The van der Waals surface area contributed by atoms with E-state index in [1.807, 2.05) is 49.4 Å². The fourth-order valence-electron chi connectivity index (χ4n) is 1.93. The SMILES string of the molecule is Cc1ccccc1CS(=O)Cc1ccccc1C#N. The summed E-state index contributed by atoms with van der Waals surface area (Å²) in [6, 6.07) is 17.4. The van der Waals surface area contributed by atoms with Gasteiger partial charge in [0.15, 0.2) is 0 Å². The molecule has 0 aliphatic carbocycles. The van der Waals surface area contributed by atoms with Crippen LogP contribution in [0.2, 0.25) is 0 Å². The lowest BCUT2D eigenvalue weighted by Crippen LogP contribution is -2.02. The van der Waals surface area contributed by atoms with Crippen molar-refractivity contribution in [3.05, 3.63) is 70.8 Å². The second kappa shape index (κ2) is 6.31. The highest BCUT2D eigenvalue weighted by Gasteiger charge is 2.08. The van der Waals surface area contributed by atoms with Crippen LogP contribution in [0.25, 0.3) is 0 Å². The third kappa shape index (κ3) is 3.52. The van der Waals surface area contributed by atoms with Crippen molar-refractivity contribution in [3.8, 4) is 6.07 Å². The Morgan fingerprint density at radius 1 is 1.00 bits per heavy atom. The van der Waals surface area contributed by atoms with Crippen LogP contribution < -0.4 is 0 Å². The van der Waals surface area contributed by atoms with E-state index in [9.17, 15) is 4.21 Å². The standard InChI is InChI=1S/C16H15NOS/c1-13-6-2-3-8-15(13)11-19(18)12-16-9-5-4-7-14(16)10-17/h2-9H,11-12H2,1H3. The van der Waals surface area contributed by atoms with Crippen LogP contribution in [0.4, 0.5) is 0 Å². The Hall–Kier alpha value is -1.92. The summed E-state index contributed by atoms with van der Waals surface area (Å²) in [4.78, 5) is 0. The number of benzene rings is 2. The quantitative estimate of drug-likeness (QED) is 0.854. The zero-order valence-electron chi connectivity index (χ0n) is 10.8. The average Bonchev–Trinajstić information content (AvgIpc) is 2.42. The highest BCUT2D eigenvalue weighted by molar-refractivity contribution is 7.83. The molecule has 0 aromatic heterocycles. The maximum atomic E-state index is 12.2. The van der Waals surface area contributed by atoms with Gasteiger partial charge in [0.05, 0.1) is 17.4 Å². The van der Waals surface area contributed by atoms with Gasteiger partial charge < -0.3 is 0 Å². The summed E-state index contributed by atoms with van der Waals surface area (Å²) in [5.41, 5.74) is 3.73. The van der Waals surface area contributed by atoms with Crippen LogP contribution in [0.15, 0.2) is 48.5 Å². The molecular weight excluding hydrogens is 254 g/mol. The zero-order valence-corrected chi connectivity index (χ0v) is 11.6. The van der Waals surface area contributed by atoms with Gasteiger partial charge in [0, 0.05) is 16.6 Å². The minimum Gasteiger partial charge on any atom is -0.259 e. The van der Waals surface area contributed by atoms with E-state index in [0.29, 0.717) is 17.1 Å². The molecule has 0 saturated heterocycles. The van der Waals surface area contributed by atoms with Crippen LogP contribution in [0, 0.1) is 18.3 Å². The summed E-state index contributed by atoms with van der Waals surface area (Å²) >= 11 is 0. The van der Waals surface area contributed by atoms with Crippen molar-refractivity contribution >= 4 is 10.8 Å². The van der Waals surface area contributed by atoms with Crippen LogP contribution in [0.5, 0.6) is 0 Å². The summed E-state index contributed by atoms with van der Waals surface area (Å²) in [5.74, 6) is 0.963. The first-order valence-electron chi connectivity index (χ1n) is 6.08. The second-order valence-electron chi connectivity index (χ2n) is 4.42. The van der Waals surface area contributed by atoms with Gasteiger partial charge in [-0.15, -0.1) is 0 Å². The molecule has 2 nitrogen and oxygen atoms in total. The van der Waals surface area contributed by atoms with Gasteiger partial charge in [-0.05, 0) is 29.7 Å². The van der Waals surface area contributed by atoms with Crippen molar-refractivity contribution in [3.63, 3.8) is 0 Å². The van der Waals surface area contributed by atoms with Crippen molar-refractivity contribution in [1.29, 1.82) is 5.26 Å². The number of hydrogen-bond acceptors (Lipinski definition) is 2. The molecule has 0 aliphatic heterocycles. The van der Waals surface area contributed by atoms with Gasteiger partial charge in [0.2, 0.25) is 0 Å². The zero-order chi connectivity index (χ0) is 13.7. The molecule has 0 saturated carbocycles. The molecule has 0 heterocycles. The molecule has 0 amide bonds. The van der Waals surface area contributed by atoms with E-state index in [-0.39, 0.29) is 0 Å². The molecular formula is C16H15NOS. The first-order valence-corrected chi connectivity index (χ1v) is 7.57. The molecule has 2 aromatic rings. The first-order chi connectivity index (χ1) is 9.20. The van der Waals surface area contributed by atoms with E-state index in [2.05, 4.69) is 6.07 Å². The molecule has 2 rings (SSSR count). The number of rotatable bonds is 4. The van der Waals surface area contributed by atoms with Gasteiger partial charge >= 0.3 is 0 Å². The molecule has 0 spiro atoms. The topological polar surface area (TPSA) is 40.9 Å². The van der Waals surface area contributed by atoms with Crippen LogP contribution in [0.1, 0.15) is 22.3 Å². The molecule has 0 aliphatic rings. The summed E-state index contributed by atoms with van der Waals surface area (Å²) < 4.78 is 12.2. The van der Waals surface area contributed by atoms with Crippen LogP contribution in [-0.4, -0.2) is 4.21 Å². The molecule has 1 unspecified atom stereocenters. The Morgan fingerprint density at radius 3 is 2.26 bits per heavy atom. The van der Waals surface area contributed by atoms with Gasteiger partial charge in [0.1, 0.15) is 0 Å². The fraction of sp³-hybridized carbons (Fsp3) is 0.188. The highest BCUT2D eigenvalue weighted by Crippen LogP contribution is 2.15. The van der Waals surface area contributed by atoms with E-state index < -0.39 is 10.8 Å². The lowest BCUT2D eigenvalue weighted by atomic mass is 10.1. The molecule has 0 N–H and O–H groups in total. The number of aryl methyl sites for hydroxylation is 1. The van der Waals surface area contributed by atoms with Gasteiger partial charge in [0.25, 0.3) is 0 Å². The minimum absolute atomic E-state index is 0.429. The molecule has 19 heavy (non-hydrogen) atoms. The van der Waals surface area contributed by atoms with E-state index >= 15 is 0 Å². The Bertz CT molecular complexity index is 643. The normalized spacial score (nSPS) is 11.8. The van der Waals surface area contributed by atoms with Gasteiger partial charge in [-0.1, -0.05) is 42.5 Å². The van der Waals surface area contributed by atoms with Gasteiger partial charge in [-0.2, -0.15) is 5.26 Å². The summed E-state index contributed by atoms with van der Waals surface area (Å²) in [5, 5.41) is 9.02. The van der Waals surface area contributed by atoms with E-state index in [4.69, 9.17) is 5.26 Å². The molecule has 0 bridgehead atoms. The molecule has 96 valence electrons. The number of nitrogens with zero attached hydrogens (tertiary/aromatic N) is 1. The fourth-order valence-corrected chi connectivity index (χ4v) is 3.30. The minimum atomic E-state index is -0.995. The van der Waals surface area contributed by atoms with Crippen molar-refractivity contribution in [2.24, 2.45) is 0 Å². The molecule has 2 aromatic carbocycles. The Morgan fingerprint density at radius 2 is 1.58 bits per heavy atom. The monoisotopic (exact) mass is 269 g/mol. The average molecular weight is 269 g/mol. The Balaban J connectivity index is 2.11. The van der Waals surface area contributed by atoms with Crippen LogP contribution >= 0.6 is 0 Å². The molecule has 3 heteroatoms. The molecule has 1 atom stereocenters. The number of hydrogen-bond donors (Lipinski definition) is 0. The smallest absolute Gasteiger partial charge is 0.0994 e. The van der Waals surface area contributed by atoms with Crippen LogP contribution in [0.3, 0.4) is 0 Å².